The van der Waals surface area contributed by atoms with Gasteiger partial charge in [-0.15, -0.1) is 0 Å². The third kappa shape index (κ3) is 4.28. The van der Waals surface area contributed by atoms with Crippen molar-refractivity contribution in [3.8, 4) is 0 Å². The molecule has 0 saturated carbocycles. The number of aryl methyl sites for hydroxylation is 1. The van der Waals surface area contributed by atoms with Gasteiger partial charge in [-0.1, -0.05) is 54.1 Å². The molecule has 102 valence electrons. The summed E-state index contributed by atoms with van der Waals surface area (Å²) in [5, 5.41) is 0. The summed E-state index contributed by atoms with van der Waals surface area (Å²) in [6, 6.07) is 17.6. The van der Waals surface area contributed by atoms with Crippen LogP contribution in [0.1, 0.15) is 18.1 Å². The average molecular weight is 283 g/mol. The standard InChI is InChI=1S/C17H17NOS/c1-14-8-10-17(11-9-14)20(19)18-13-15(2)12-16-6-4-3-5-7-16/h3-13H,1-2H3/b15-12+,18-13+/t20-/m0/s1. The first-order chi connectivity index (χ1) is 9.65. The zero-order valence-electron chi connectivity index (χ0n) is 11.6. The van der Waals surface area contributed by atoms with Crippen LogP contribution in [-0.2, 0) is 11.0 Å². The molecule has 20 heavy (non-hydrogen) atoms. The predicted molar refractivity (Wildman–Crippen MR) is 86.2 cm³/mol. The highest BCUT2D eigenvalue weighted by Gasteiger charge is 1.99. The molecule has 0 bridgehead atoms. The lowest BCUT2D eigenvalue weighted by molar-refractivity contribution is 0.684. The molecule has 0 aliphatic carbocycles. The molecular weight excluding hydrogens is 266 g/mol. The zero-order chi connectivity index (χ0) is 14.4. The van der Waals surface area contributed by atoms with Crippen molar-refractivity contribution in [2.75, 3.05) is 0 Å². The number of rotatable bonds is 4. The fraction of sp³-hybridized carbons (Fsp3) is 0.118. The Morgan fingerprint density at radius 3 is 2.35 bits per heavy atom. The zero-order valence-corrected chi connectivity index (χ0v) is 12.4. The summed E-state index contributed by atoms with van der Waals surface area (Å²) in [5.41, 5.74) is 3.23. The second kappa shape index (κ2) is 6.96. The van der Waals surface area contributed by atoms with Crippen LogP contribution in [0.4, 0.5) is 0 Å². The molecule has 0 aliphatic rings. The molecule has 2 rings (SSSR count). The summed E-state index contributed by atoms with van der Waals surface area (Å²) < 4.78 is 16.1. The molecule has 2 nitrogen and oxygen atoms in total. The summed E-state index contributed by atoms with van der Waals surface area (Å²) in [6.45, 7) is 3.95. The van der Waals surface area contributed by atoms with Gasteiger partial charge in [0.15, 0.2) is 11.0 Å². The summed E-state index contributed by atoms with van der Waals surface area (Å²) in [7, 11) is -1.34. The molecule has 0 fully saturated rings. The van der Waals surface area contributed by atoms with E-state index in [1.165, 1.54) is 0 Å². The van der Waals surface area contributed by atoms with Gasteiger partial charge < -0.3 is 0 Å². The van der Waals surface area contributed by atoms with Gasteiger partial charge in [-0.25, -0.2) is 4.21 Å². The van der Waals surface area contributed by atoms with Crippen LogP contribution >= 0.6 is 0 Å². The summed E-state index contributed by atoms with van der Waals surface area (Å²) in [5.74, 6) is 0. The van der Waals surface area contributed by atoms with E-state index in [2.05, 4.69) is 4.40 Å². The average Bonchev–Trinajstić information content (AvgIpc) is 2.46. The predicted octanol–water partition coefficient (Wildman–Crippen LogP) is 4.19. The molecule has 0 spiro atoms. The van der Waals surface area contributed by atoms with Gasteiger partial charge in [-0.05, 0) is 37.1 Å². The minimum absolute atomic E-state index is 0.722. The van der Waals surface area contributed by atoms with Crippen LogP contribution in [0.15, 0.2) is 69.5 Å². The monoisotopic (exact) mass is 283 g/mol. The van der Waals surface area contributed by atoms with E-state index < -0.39 is 11.0 Å². The molecule has 3 heteroatoms. The van der Waals surface area contributed by atoms with E-state index in [0.29, 0.717) is 0 Å². The highest BCUT2D eigenvalue weighted by atomic mass is 32.2. The third-order valence-electron chi connectivity index (χ3n) is 2.77. The lowest BCUT2D eigenvalue weighted by Crippen LogP contribution is -1.89. The van der Waals surface area contributed by atoms with Crippen molar-refractivity contribution in [3.05, 3.63) is 71.3 Å². The summed E-state index contributed by atoms with van der Waals surface area (Å²) in [6.07, 6.45) is 3.67. The Hall–Kier alpha value is -2.00. The summed E-state index contributed by atoms with van der Waals surface area (Å²) >= 11 is 0. The Labute approximate surface area is 122 Å². The Balaban J connectivity index is 2.07. The minimum atomic E-state index is -1.34. The van der Waals surface area contributed by atoms with E-state index in [0.717, 1.165) is 21.6 Å². The molecule has 2 aromatic carbocycles. The van der Waals surface area contributed by atoms with E-state index >= 15 is 0 Å². The minimum Gasteiger partial charge on any atom is -0.229 e. The lowest BCUT2D eigenvalue weighted by atomic mass is 10.1. The molecule has 0 radical (unpaired) electrons. The van der Waals surface area contributed by atoms with Crippen molar-refractivity contribution in [2.45, 2.75) is 18.7 Å². The molecule has 2 aromatic rings. The van der Waals surface area contributed by atoms with Crippen molar-refractivity contribution >= 4 is 23.3 Å². The molecule has 0 aromatic heterocycles. The van der Waals surface area contributed by atoms with E-state index in [4.69, 9.17) is 0 Å². The topological polar surface area (TPSA) is 29.4 Å². The van der Waals surface area contributed by atoms with Crippen LogP contribution in [0, 0.1) is 6.92 Å². The van der Waals surface area contributed by atoms with E-state index in [-0.39, 0.29) is 0 Å². The first-order valence-corrected chi connectivity index (χ1v) is 7.52. The smallest absolute Gasteiger partial charge is 0.172 e. The van der Waals surface area contributed by atoms with Crippen LogP contribution in [-0.4, -0.2) is 10.4 Å². The molecule has 0 saturated heterocycles. The van der Waals surface area contributed by atoms with Crippen LogP contribution in [0.2, 0.25) is 0 Å². The van der Waals surface area contributed by atoms with Gasteiger partial charge in [0, 0.05) is 6.21 Å². The maximum Gasteiger partial charge on any atom is 0.172 e. The molecule has 0 aliphatic heterocycles. The summed E-state index contributed by atoms with van der Waals surface area (Å²) in [4.78, 5) is 0.722. The van der Waals surface area contributed by atoms with Crippen LogP contribution < -0.4 is 0 Å². The van der Waals surface area contributed by atoms with Gasteiger partial charge in [0.1, 0.15) is 0 Å². The van der Waals surface area contributed by atoms with Crippen LogP contribution in [0.5, 0.6) is 0 Å². The molecular formula is C17H17NOS. The van der Waals surface area contributed by atoms with Crippen LogP contribution in [0.25, 0.3) is 6.08 Å². The van der Waals surface area contributed by atoms with Gasteiger partial charge in [0.2, 0.25) is 0 Å². The van der Waals surface area contributed by atoms with Crippen molar-refractivity contribution < 1.29 is 4.21 Å². The molecule has 0 heterocycles. The van der Waals surface area contributed by atoms with Gasteiger partial charge in [-0.3, -0.25) is 0 Å². The second-order valence-electron chi connectivity index (χ2n) is 4.60. The normalized spacial score (nSPS) is 13.6. The first-order valence-electron chi connectivity index (χ1n) is 6.41. The molecule has 0 unspecified atom stereocenters. The van der Waals surface area contributed by atoms with Gasteiger partial charge in [0.05, 0.1) is 4.90 Å². The number of allylic oxidation sites excluding steroid dienone is 1. The second-order valence-corrected chi connectivity index (χ2v) is 5.78. The fourth-order valence-corrected chi connectivity index (χ4v) is 2.45. The van der Waals surface area contributed by atoms with Gasteiger partial charge in [-0.2, -0.15) is 4.40 Å². The fourth-order valence-electron chi connectivity index (χ4n) is 1.70. The Kier molecular flexibility index (Phi) is 5.02. The van der Waals surface area contributed by atoms with Crippen molar-refractivity contribution in [1.29, 1.82) is 0 Å². The third-order valence-corrected chi connectivity index (χ3v) is 3.74. The van der Waals surface area contributed by atoms with Crippen molar-refractivity contribution in [2.24, 2.45) is 4.40 Å². The Morgan fingerprint density at radius 1 is 1.05 bits per heavy atom. The van der Waals surface area contributed by atoms with Crippen molar-refractivity contribution in [1.82, 2.24) is 0 Å². The van der Waals surface area contributed by atoms with E-state index in [1.807, 2.05) is 74.5 Å². The highest BCUT2D eigenvalue weighted by Crippen LogP contribution is 2.10. The van der Waals surface area contributed by atoms with Crippen molar-refractivity contribution in [3.63, 3.8) is 0 Å². The number of hydrogen-bond acceptors (Lipinski definition) is 1. The maximum absolute atomic E-state index is 12.0. The van der Waals surface area contributed by atoms with E-state index in [9.17, 15) is 4.21 Å². The molecule has 1 atom stereocenters. The maximum atomic E-state index is 12.0. The Morgan fingerprint density at radius 2 is 1.70 bits per heavy atom. The number of benzene rings is 2. The largest absolute Gasteiger partial charge is 0.229 e. The number of nitrogens with zero attached hydrogens (tertiary/aromatic N) is 1. The van der Waals surface area contributed by atoms with Crippen LogP contribution in [0.3, 0.4) is 0 Å². The first kappa shape index (κ1) is 14.4. The highest BCUT2D eigenvalue weighted by molar-refractivity contribution is 7.83. The van der Waals surface area contributed by atoms with Gasteiger partial charge in [0.25, 0.3) is 0 Å². The van der Waals surface area contributed by atoms with E-state index in [1.54, 1.807) is 6.21 Å². The molecule has 0 amide bonds. The molecule has 0 N–H and O–H groups in total. The lowest BCUT2D eigenvalue weighted by Gasteiger charge is -1.97. The Bertz CT molecular complexity index is 642. The quantitative estimate of drug-likeness (QED) is 0.774. The number of hydrogen-bond donors (Lipinski definition) is 0. The van der Waals surface area contributed by atoms with Gasteiger partial charge >= 0.3 is 0 Å². The SMILES string of the molecule is CC(/C=N/[S@@](=O)c1ccc(C)cc1)=C\c1ccccc1.